The number of halogens is 1. The molecule has 152 valence electrons. The fourth-order valence-electron chi connectivity index (χ4n) is 2.95. The van der Waals surface area contributed by atoms with Gasteiger partial charge in [0.2, 0.25) is 15.9 Å². The molecule has 0 saturated carbocycles. The summed E-state index contributed by atoms with van der Waals surface area (Å²) in [4.78, 5) is 12.2. The summed E-state index contributed by atoms with van der Waals surface area (Å²) >= 11 is 5.97. The van der Waals surface area contributed by atoms with Crippen molar-refractivity contribution in [1.29, 1.82) is 0 Å². The lowest BCUT2D eigenvalue weighted by molar-refractivity contribution is -0.121. The van der Waals surface area contributed by atoms with Crippen LogP contribution in [-0.4, -0.2) is 33.2 Å². The van der Waals surface area contributed by atoms with Gasteiger partial charge in [0.1, 0.15) is 0 Å². The topological polar surface area (TPSA) is 66.5 Å². The number of aryl methyl sites for hydroxylation is 1. The van der Waals surface area contributed by atoms with E-state index in [0.717, 1.165) is 19.1 Å². The summed E-state index contributed by atoms with van der Waals surface area (Å²) in [5.41, 5.74) is 1.75. The highest BCUT2D eigenvalue weighted by molar-refractivity contribution is 7.92. The van der Waals surface area contributed by atoms with Crippen molar-refractivity contribution < 1.29 is 13.2 Å². The Kier molecular flexibility index (Phi) is 8.33. The first-order valence-corrected chi connectivity index (χ1v) is 11.5. The number of hydrogen-bond donors (Lipinski definition) is 1. The second-order valence-corrected chi connectivity index (χ2v) is 9.25. The van der Waals surface area contributed by atoms with E-state index in [-0.39, 0.29) is 24.9 Å². The zero-order chi connectivity index (χ0) is 20.6. The minimum Gasteiger partial charge on any atom is -0.354 e. The summed E-state index contributed by atoms with van der Waals surface area (Å²) in [6.45, 7) is 2.21. The molecule has 1 amide bonds. The van der Waals surface area contributed by atoms with Crippen LogP contribution in [-0.2, 0) is 21.2 Å². The number of rotatable bonds is 10. The fourth-order valence-corrected chi connectivity index (χ4v) is 4.09. The van der Waals surface area contributed by atoms with E-state index in [0.29, 0.717) is 17.1 Å². The lowest BCUT2D eigenvalue weighted by Gasteiger charge is -2.22. The van der Waals surface area contributed by atoms with Gasteiger partial charge in [0, 0.05) is 24.0 Å². The van der Waals surface area contributed by atoms with Crippen LogP contribution in [0.25, 0.3) is 0 Å². The number of carbonyl (C=O) groups is 1. The van der Waals surface area contributed by atoms with E-state index in [4.69, 9.17) is 11.6 Å². The van der Waals surface area contributed by atoms with Gasteiger partial charge in [-0.15, -0.1) is 0 Å². The first kappa shape index (κ1) is 22.2. The average Bonchev–Trinajstić information content (AvgIpc) is 2.63. The highest BCUT2D eigenvalue weighted by Crippen LogP contribution is 2.22. The molecule has 0 aromatic heterocycles. The fraction of sp³-hybridized carbons (Fsp3) is 0.381. The molecule has 0 heterocycles. The highest BCUT2D eigenvalue weighted by Gasteiger charge is 2.18. The van der Waals surface area contributed by atoms with E-state index >= 15 is 0 Å². The van der Waals surface area contributed by atoms with E-state index in [1.807, 2.05) is 25.1 Å². The van der Waals surface area contributed by atoms with Crippen molar-refractivity contribution in [1.82, 2.24) is 5.32 Å². The first-order valence-electron chi connectivity index (χ1n) is 9.32. The van der Waals surface area contributed by atoms with Gasteiger partial charge in [-0.25, -0.2) is 8.42 Å². The largest absolute Gasteiger partial charge is 0.354 e. The Morgan fingerprint density at radius 2 is 1.86 bits per heavy atom. The van der Waals surface area contributed by atoms with Gasteiger partial charge in [-0.2, -0.15) is 0 Å². The molecule has 0 aliphatic carbocycles. The number of sulfonamides is 1. The van der Waals surface area contributed by atoms with Gasteiger partial charge < -0.3 is 5.32 Å². The summed E-state index contributed by atoms with van der Waals surface area (Å²) in [6, 6.07) is 16.9. The number of nitrogens with zero attached hydrogens (tertiary/aromatic N) is 1. The minimum absolute atomic E-state index is 0.0617. The lowest BCUT2D eigenvalue weighted by Crippen LogP contribution is -2.35. The molecule has 0 spiro atoms. The molecule has 0 radical (unpaired) electrons. The first-order chi connectivity index (χ1) is 13.3. The van der Waals surface area contributed by atoms with Gasteiger partial charge in [0.05, 0.1) is 11.9 Å². The molecule has 0 aliphatic heterocycles. The van der Waals surface area contributed by atoms with Gasteiger partial charge in [0.15, 0.2) is 0 Å². The third kappa shape index (κ3) is 7.52. The zero-order valence-corrected chi connectivity index (χ0v) is 17.8. The molecule has 1 N–H and O–H groups in total. The number of anilines is 1. The average molecular weight is 423 g/mol. The van der Waals surface area contributed by atoms with Crippen LogP contribution in [0.1, 0.15) is 31.7 Å². The van der Waals surface area contributed by atoms with Crippen LogP contribution >= 0.6 is 11.6 Å². The molecule has 2 aromatic rings. The zero-order valence-electron chi connectivity index (χ0n) is 16.3. The van der Waals surface area contributed by atoms with Crippen LogP contribution in [0.2, 0.25) is 5.02 Å². The molecule has 7 heteroatoms. The van der Waals surface area contributed by atoms with Crippen LogP contribution in [0.4, 0.5) is 5.69 Å². The van der Waals surface area contributed by atoms with Crippen molar-refractivity contribution in [3.05, 3.63) is 65.2 Å². The molecule has 28 heavy (non-hydrogen) atoms. The molecule has 1 atom stereocenters. The Hall–Kier alpha value is -2.05. The molecular weight excluding hydrogens is 396 g/mol. The Labute approximate surface area is 172 Å². The van der Waals surface area contributed by atoms with Gasteiger partial charge in [-0.1, -0.05) is 48.0 Å². The molecule has 0 aliphatic rings. The normalized spacial score (nSPS) is 12.4. The highest BCUT2D eigenvalue weighted by atomic mass is 35.5. The predicted octanol–water partition coefficient (Wildman–Crippen LogP) is 4.02. The summed E-state index contributed by atoms with van der Waals surface area (Å²) in [6.07, 6.45) is 3.60. The second-order valence-electron chi connectivity index (χ2n) is 6.91. The van der Waals surface area contributed by atoms with Gasteiger partial charge in [-0.05, 0) is 49.9 Å². The maximum absolute atomic E-state index is 12.2. The Morgan fingerprint density at radius 3 is 2.50 bits per heavy atom. The quantitative estimate of drug-likeness (QED) is 0.628. The van der Waals surface area contributed by atoms with Crippen molar-refractivity contribution in [3.63, 3.8) is 0 Å². The summed E-state index contributed by atoms with van der Waals surface area (Å²) in [5.74, 6) is -0.0693. The number of nitrogens with one attached hydrogen (secondary N) is 1. The minimum atomic E-state index is -3.45. The van der Waals surface area contributed by atoms with Gasteiger partial charge in [-0.3, -0.25) is 9.10 Å². The number of carbonyl (C=O) groups excluding carboxylic acids is 1. The third-order valence-electron chi connectivity index (χ3n) is 4.38. The van der Waals surface area contributed by atoms with E-state index in [1.54, 1.807) is 24.3 Å². The van der Waals surface area contributed by atoms with E-state index in [1.165, 1.54) is 9.87 Å². The van der Waals surface area contributed by atoms with Crippen LogP contribution in [0.15, 0.2) is 54.6 Å². The molecule has 5 nitrogen and oxygen atoms in total. The smallest absolute Gasteiger partial charge is 0.232 e. The van der Waals surface area contributed by atoms with Crippen molar-refractivity contribution in [2.24, 2.45) is 0 Å². The van der Waals surface area contributed by atoms with Crippen LogP contribution in [0, 0.1) is 0 Å². The van der Waals surface area contributed by atoms with Crippen molar-refractivity contribution in [3.8, 4) is 0 Å². The molecule has 0 saturated heterocycles. The summed E-state index contributed by atoms with van der Waals surface area (Å²) in [7, 11) is -3.45. The van der Waals surface area contributed by atoms with Gasteiger partial charge >= 0.3 is 0 Å². The van der Waals surface area contributed by atoms with E-state index < -0.39 is 10.0 Å². The summed E-state index contributed by atoms with van der Waals surface area (Å²) in [5, 5.41) is 3.45. The number of amides is 1. The SMILES string of the molecule is C[C@@H](CCc1ccccc1)NC(=O)CCCN(c1cccc(Cl)c1)S(C)(=O)=O. The van der Waals surface area contributed by atoms with Crippen molar-refractivity contribution >= 4 is 33.2 Å². The maximum atomic E-state index is 12.2. The molecule has 0 unspecified atom stereocenters. The molecule has 2 rings (SSSR count). The molecule has 0 fully saturated rings. The predicted molar refractivity (Wildman–Crippen MR) is 115 cm³/mol. The Morgan fingerprint density at radius 1 is 1.14 bits per heavy atom. The molecular formula is C21H27ClN2O3S. The van der Waals surface area contributed by atoms with E-state index in [9.17, 15) is 13.2 Å². The third-order valence-corrected chi connectivity index (χ3v) is 5.81. The Balaban J connectivity index is 1.80. The number of benzene rings is 2. The van der Waals surface area contributed by atoms with Gasteiger partial charge in [0.25, 0.3) is 0 Å². The van der Waals surface area contributed by atoms with Crippen molar-refractivity contribution in [2.45, 2.75) is 38.6 Å². The second kappa shape index (κ2) is 10.5. The van der Waals surface area contributed by atoms with Crippen LogP contribution < -0.4 is 9.62 Å². The van der Waals surface area contributed by atoms with Crippen LogP contribution in [0.5, 0.6) is 0 Å². The molecule has 0 bridgehead atoms. The standard InChI is InChI=1S/C21H27ClN2O3S/c1-17(13-14-18-8-4-3-5-9-18)23-21(25)12-7-15-24(28(2,26)27)20-11-6-10-19(22)16-20/h3-6,8-11,16-17H,7,12-15H2,1-2H3,(H,23,25)/t17-/m0/s1. The summed E-state index contributed by atoms with van der Waals surface area (Å²) < 4.78 is 25.5. The van der Waals surface area contributed by atoms with Crippen LogP contribution in [0.3, 0.4) is 0 Å². The van der Waals surface area contributed by atoms with Crippen molar-refractivity contribution in [2.75, 3.05) is 17.1 Å². The monoisotopic (exact) mass is 422 g/mol. The maximum Gasteiger partial charge on any atom is 0.232 e. The Bertz CT molecular complexity index is 872. The number of hydrogen-bond acceptors (Lipinski definition) is 3. The molecule has 2 aromatic carbocycles. The van der Waals surface area contributed by atoms with E-state index in [2.05, 4.69) is 17.4 Å². The lowest BCUT2D eigenvalue weighted by atomic mass is 10.1.